The standard InChI is InChI=1S/C17H25ClFNO/c1-12(2)10-20-11-17(7-8-21-13(17)3)9-14-5-4-6-15(18)16(14)19/h4-6,12-13,20H,7-11H2,1-3H3. The summed E-state index contributed by atoms with van der Waals surface area (Å²) in [5.74, 6) is 0.309. The molecule has 4 heteroatoms. The molecule has 0 bridgehead atoms. The molecule has 1 saturated heterocycles. The lowest BCUT2D eigenvalue weighted by Gasteiger charge is -2.33. The first-order valence-corrected chi connectivity index (χ1v) is 8.07. The van der Waals surface area contributed by atoms with Crippen molar-refractivity contribution >= 4 is 11.6 Å². The topological polar surface area (TPSA) is 21.3 Å². The Morgan fingerprint density at radius 1 is 1.48 bits per heavy atom. The highest BCUT2D eigenvalue weighted by Crippen LogP contribution is 2.38. The van der Waals surface area contributed by atoms with E-state index in [0.29, 0.717) is 17.9 Å². The van der Waals surface area contributed by atoms with Gasteiger partial charge in [-0.25, -0.2) is 4.39 Å². The van der Waals surface area contributed by atoms with Crippen molar-refractivity contribution < 1.29 is 9.13 Å². The fraction of sp³-hybridized carbons (Fsp3) is 0.647. The maximum absolute atomic E-state index is 14.2. The molecule has 0 radical (unpaired) electrons. The molecule has 0 aliphatic carbocycles. The van der Waals surface area contributed by atoms with Gasteiger partial charge in [-0.05, 0) is 43.9 Å². The third-order valence-corrected chi connectivity index (χ3v) is 4.73. The van der Waals surface area contributed by atoms with Crippen LogP contribution in [0.4, 0.5) is 4.39 Å². The van der Waals surface area contributed by atoms with E-state index in [1.165, 1.54) is 0 Å². The molecule has 2 rings (SSSR count). The molecule has 2 atom stereocenters. The number of hydrogen-bond acceptors (Lipinski definition) is 2. The first-order valence-electron chi connectivity index (χ1n) is 7.70. The summed E-state index contributed by atoms with van der Waals surface area (Å²) in [5.41, 5.74) is 0.631. The summed E-state index contributed by atoms with van der Waals surface area (Å²) in [7, 11) is 0. The Morgan fingerprint density at radius 2 is 2.24 bits per heavy atom. The van der Waals surface area contributed by atoms with Crippen molar-refractivity contribution in [1.82, 2.24) is 5.32 Å². The highest BCUT2D eigenvalue weighted by molar-refractivity contribution is 6.30. The van der Waals surface area contributed by atoms with Crippen molar-refractivity contribution in [3.63, 3.8) is 0 Å². The molecule has 1 fully saturated rings. The van der Waals surface area contributed by atoms with E-state index in [0.717, 1.165) is 26.1 Å². The van der Waals surface area contributed by atoms with Crippen LogP contribution in [0.25, 0.3) is 0 Å². The van der Waals surface area contributed by atoms with Gasteiger partial charge in [0.25, 0.3) is 0 Å². The Kier molecular flexibility index (Phi) is 5.64. The molecule has 1 aromatic rings. The normalized spacial score (nSPS) is 25.7. The molecule has 2 nitrogen and oxygen atoms in total. The molecule has 1 N–H and O–H groups in total. The Labute approximate surface area is 132 Å². The van der Waals surface area contributed by atoms with Gasteiger partial charge in [-0.1, -0.05) is 37.6 Å². The maximum Gasteiger partial charge on any atom is 0.144 e. The molecule has 0 saturated carbocycles. The summed E-state index contributed by atoms with van der Waals surface area (Å²) in [4.78, 5) is 0. The predicted molar refractivity (Wildman–Crippen MR) is 85.3 cm³/mol. The molecular formula is C17H25ClFNO. The van der Waals surface area contributed by atoms with E-state index in [2.05, 4.69) is 26.1 Å². The summed E-state index contributed by atoms with van der Waals surface area (Å²) >= 11 is 5.91. The molecule has 1 aliphatic heterocycles. The van der Waals surface area contributed by atoms with Crippen LogP contribution in [0.1, 0.15) is 32.8 Å². The average molecular weight is 314 g/mol. The van der Waals surface area contributed by atoms with Gasteiger partial charge in [0.2, 0.25) is 0 Å². The lowest BCUT2D eigenvalue weighted by molar-refractivity contribution is 0.0623. The van der Waals surface area contributed by atoms with E-state index in [-0.39, 0.29) is 22.4 Å². The van der Waals surface area contributed by atoms with E-state index in [9.17, 15) is 4.39 Å². The van der Waals surface area contributed by atoms with E-state index in [1.807, 2.05) is 12.1 Å². The van der Waals surface area contributed by atoms with Gasteiger partial charge in [-0.15, -0.1) is 0 Å². The molecule has 1 aromatic carbocycles. The minimum absolute atomic E-state index is 0.0551. The maximum atomic E-state index is 14.2. The number of nitrogens with one attached hydrogen (secondary N) is 1. The Hall–Kier alpha value is -0.640. The molecule has 118 valence electrons. The van der Waals surface area contributed by atoms with Crippen molar-refractivity contribution in [3.8, 4) is 0 Å². The molecule has 0 aromatic heterocycles. The largest absolute Gasteiger partial charge is 0.378 e. The van der Waals surface area contributed by atoms with Crippen LogP contribution in [0, 0.1) is 17.2 Å². The second-order valence-corrected chi connectivity index (χ2v) is 6.95. The average Bonchev–Trinajstić information content (AvgIpc) is 2.76. The Morgan fingerprint density at radius 3 is 2.86 bits per heavy atom. The van der Waals surface area contributed by atoms with Crippen molar-refractivity contribution in [2.45, 2.75) is 39.7 Å². The number of halogens is 2. The molecule has 0 amide bonds. The molecule has 1 aliphatic rings. The summed E-state index contributed by atoms with van der Waals surface area (Å²) in [6, 6.07) is 5.24. The molecule has 21 heavy (non-hydrogen) atoms. The lowest BCUT2D eigenvalue weighted by atomic mass is 9.76. The Bertz CT molecular complexity index is 480. The van der Waals surface area contributed by atoms with Gasteiger partial charge in [0.05, 0.1) is 11.1 Å². The zero-order valence-corrected chi connectivity index (χ0v) is 13.8. The summed E-state index contributed by atoms with van der Waals surface area (Å²) in [6.45, 7) is 9.01. The summed E-state index contributed by atoms with van der Waals surface area (Å²) in [6.07, 6.45) is 1.73. The lowest BCUT2D eigenvalue weighted by Crippen LogP contribution is -2.42. The molecule has 2 unspecified atom stereocenters. The van der Waals surface area contributed by atoms with Gasteiger partial charge >= 0.3 is 0 Å². The van der Waals surface area contributed by atoms with Crippen LogP contribution in [-0.2, 0) is 11.2 Å². The highest BCUT2D eigenvalue weighted by atomic mass is 35.5. The Balaban J connectivity index is 2.15. The van der Waals surface area contributed by atoms with Gasteiger partial charge in [0.15, 0.2) is 0 Å². The van der Waals surface area contributed by atoms with Crippen LogP contribution < -0.4 is 5.32 Å². The van der Waals surface area contributed by atoms with Gasteiger partial charge < -0.3 is 10.1 Å². The van der Waals surface area contributed by atoms with Crippen molar-refractivity contribution in [2.24, 2.45) is 11.3 Å². The van der Waals surface area contributed by atoms with E-state index < -0.39 is 0 Å². The number of hydrogen-bond donors (Lipinski definition) is 1. The minimum atomic E-state index is -0.290. The minimum Gasteiger partial charge on any atom is -0.378 e. The van der Waals surface area contributed by atoms with Crippen LogP contribution in [-0.4, -0.2) is 25.8 Å². The second-order valence-electron chi connectivity index (χ2n) is 6.54. The quantitative estimate of drug-likeness (QED) is 0.855. The van der Waals surface area contributed by atoms with Crippen LogP contribution in [0.2, 0.25) is 5.02 Å². The van der Waals surface area contributed by atoms with Gasteiger partial charge in [-0.2, -0.15) is 0 Å². The number of ether oxygens (including phenoxy) is 1. The summed E-state index contributed by atoms with van der Waals surface area (Å²) in [5, 5.41) is 3.72. The summed E-state index contributed by atoms with van der Waals surface area (Å²) < 4.78 is 20.0. The molecule has 0 spiro atoms. The van der Waals surface area contributed by atoms with E-state index >= 15 is 0 Å². The molecular weight excluding hydrogens is 289 g/mol. The fourth-order valence-corrected chi connectivity index (χ4v) is 3.21. The first kappa shape index (κ1) is 16.7. The monoisotopic (exact) mass is 313 g/mol. The number of benzene rings is 1. The van der Waals surface area contributed by atoms with Crippen molar-refractivity contribution in [3.05, 3.63) is 34.6 Å². The number of rotatable bonds is 6. The van der Waals surface area contributed by atoms with Crippen molar-refractivity contribution in [2.75, 3.05) is 19.7 Å². The first-order chi connectivity index (χ1) is 9.94. The second kappa shape index (κ2) is 7.08. The smallest absolute Gasteiger partial charge is 0.144 e. The van der Waals surface area contributed by atoms with Gasteiger partial charge in [0.1, 0.15) is 5.82 Å². The van der Waals surface area contributed by atoms with E-state index in [1.54, 1.807) is 6.07 Å². The zero-order chi connectivity index (χ0) is 15.5. The predicted octanol–water partition coefficient (Wildman–Crippen LogP) is 4.06. The van der Waals surface area contributed by atoms with Crippen LogP contribution in [0.3, 0.4) is 0 Å². The van der Waals surface area contributed by atoms with Gasteiger partial charge in [0, 0.05) is 18.6 Å². The van der Waals surface area contributed by atoms with Crippen LogP contribution >= 0.6 is 11.6 Å². The van der Waals surface area contributed by atoms with Gasteiger partial charge in [-0.3, -0.25) is 0 Å². The molecule has 1 heterocycles. The van der Waals surface area contributed by atoms with Crippen LogP contribution in [0.5, 0.6) is 0 Å². The highest BCUT2D eigenvalue weighted by Gasteiger charge is 2.41. The zero-order valence-electron chi connectivity index (χ0n) is 13.1. The SMILES string of the molecule is CC(C)CNCC1(Cc2cccc(Cl)c2F)CCOC1C. The van der Waals surface area contributed by atoms with Crippen LogP contribution in [0.15, 0.2) is 18.2 Å². The third-order valence-electron chi connectivity index (χ3n) is 4.43. The van der Waals surface area contributed by atoms with E-state index in [4.69, 9.17) is 16.3 Å². The fourth-order valence-electron chi connectivity index (χ4n) is 3.02. The third kappa shape index (κ3) is 3.97. The van der Waals surface area contributed by atoms with Crippen molar-refractivity contribution in [1.29, 1.82) is 0 Å².